The Labute approximate surface area is 136 Å². The second-order valence-corrected chi connectivity index (χ2v) is 6.68. The summed E-state index contributed by atoms with van der Waals surface area (Å²) in [6.45, 7) is 8.78. The minimum atomic E-state index is 0.470. The van der Waals surface area contributed by atoms with Crippen LogP contribution in [0.25, 0.3) is 0 Å². The maximum Gasteiger partial charge on any atom is 0.184 e. The number of thiazole rings is 1. The van der Waals surface area contributed by atoms with Gasteiger partial charge in [-0.2, -0.15) is 0 Å². The Hall–Kier alpha value is -1.59. The van der Waals surface area contributed by atoms with E-state index in [2.05, 4.69) is 59.4 Å². The highest BCUT2D eigenvalue weighted by atomic mass is 32.1. The second kappa shape index (κ2) is 7.11. The molecule has 0 bridgehead atoms. The highest BCUT2D eigenvalue weighted by molar-refractivity contribution is 7.19. The van der Waals surface area contributed by atoms with Crippen LogP contribution in [0.3, 0.4) is 0 Å². The van der Waals surface area contributed by atoms with Gasteiger partial charge >= 0.3 is 0 Å². The van der Waals surface area contributed by atoms with Gasteiger partial charge in [0.2, 0.25) is 0 Å². The Balaban J connectivity index is 1.61. The fourth-order valence-corrected chi connectivity index (χ4v) is 3.69. The van der Waals surface area contributed by atoms with E-state index in [0.29, 0.717) is 5.92 Å². The number of rotatable bonds is 5. The standard InChI is InChI=1S/C17H23N3OS/c1-13(15-6-4-3-5-7-15)12-18-17-19-14(2)16(22-17)20-8-10-21-11-9-20/h3-7,13H,8-12H2,1-2H3,(H,18,19). The Morgan fingerprint density at radius 1 is 1.27 bits per heavy atom. The molecule has 0 saturated carbocycles. The molecule has 1 aromatic heterocycles. The molecule has 0 radical (unpaired) electrons. The summed E-state index contributed by atoms with van der Waals surface area (Å²) < 4.78 is 5.42. The lowest BCUT2D eigenvalue weighted by molar-refractivity contribution is 0.123. The van der Waals surface area contributed by atoms with Gasteiger partial charge in [-0.05, 0) is 18.4 Å². The lowest BCUT2D eigenvalue weighted by Gasteiger charge is -2.27. The number of hydrogen-bond donors (Lipinski definition) is 1. The van der Waals surface area contributed by atoms with Gasteiger partial charge < -0.3 is 15.0 Å². The predicted octanol–water partition coefficient (Wildman–Crippen LogP) is 3.50. The third kappa shape index (κ3) is 3.59. The first-order chi connectivity index (χ1) is 10.7. The van der Waals surface area contributed by atoms with Crippen LogP contribution >= 0.6 is 11.3 Å². The third-order valence-corrected chi connectivity index (χ3v) is 5.17. The van der Waals surface area contributed by atoms with Gasteiger partial charge in [-0.25, -0.2) is 4.98 Å². The van der Waals surface area contributed by atoms with E-state index in [1.54, 1.807) is 11.3 Å². The summed E-state index contributed by atoms with van der Waals surface area (Å²) in [5.41, 5.74) is 2.47. The number of hydrogen-bond acceptors (Lipinski definition) is 5. The summed E-state index contributed by atoms with van der Waals surface area (Å²) in [6, 6.07) is 10.6. The number of nitrogens with zero attached hydrogens (tertiary/aromatic N) is 2. The number of ether oxygens (including phenoxy) is 1. The minimum Gasteiger partial charge on any atom is -0.378 e. The van der Waals surface area contributed by atoms with Crippen LogP contribution in [-0.2, 0) is 4.74 Å². The molecule has 22 heavy (non-hydrogen) atoms. The number of morpholine rings is 1. The van der Waals surface area contributed by atoms with E-state index in [-0.39, 0.29) is 0 Å². The molecule has 1 unspecified atom stereocenters. The quantitative estimate of drug-likeness (QED) is 0.916. The molecule has 0 spiro atoms. The zero-order valence-corrected chi connectivity index (χ0v) is 14.0. The Morgan fingerprint density at radius 2 is 2.00 bits per heavy atom. The van der Waals surface area contributed by atoms with Gasteiger partial charge in [-0.3, -0.25) is 0 Å². The van der Waals surface area contributed by atoms with E-state index < -0.39 is 0 Å². The molecule has 0 amide bonds. The fourth-order valence-electron chi connectivity index (χ4n) is 2.66. The van der Waals surface area contributed by atoms with Gasteiger partial charge in [0, 0.05) is 19.6 Å². The summed E-state index contributed by atoms with van der Waals surface area (Å²) in [4.78, 5) is 7.05. The molecule has 118 valence electrons. The first-order valence-electron chi connectivity index (χ1n) is 7.83. The first-order valence-corrected chi connectivity index (χ1v) is 8.64. The molecule has 2 heterocycles. The summed E-state index contributed by atoms with van der Waals surface area (Å²) in [7, 11) is 0. The maximum absolute atomic E-state index is 5.42. The first kappa shape index (κ1) is 15.3. The van der Waals surface area contributed by atoms with Gasteiger partial charge in [-0.1, -0.05) is 48.6 Å². The molecule has 1 fully saturated rings. The number of anilines is 2. The molecule has 1 saturated heterocycles. The van der Waals surface area contributed by atoms with Crippen LogP contribution in [0.4, 0.5) is 10.1 Å². The van der Waals surface area contributed by atoms with Crippen LogP contribution < -0.4 is 10.2 Å². The summed E-state index contributed by atoms with van der Waals surface area (Å²) in [5.74, 6) is 0.470. The van der Waals surface area contributed by atoms with Crippen molar-refractivity contribution in [3.63, 3.8) is 0 Å². The van der Waals surface area contributed by atoms with Crippen molar-refractivity contribution in [3.8, 4) is 0 Å². The Morgan fingerprint density at radius 3 is 2.73 bits per heavy atom. The molecule has 1 aromatic carbocycles. The van der Waals surface area contributed by atoms with Crippen LogP contribution in [0.1, 0.15) is 24.1 Å². The molecule has 4 nitrogen and oxygen atoms in total. The summed E-state index contributed by atoms with van der Waals surface area (Å²) in [5, 5.41) is 5.78. The van der Waals surface area contributed by atoms with Gasteiger partial charge in [-0.15, -0.1) is 0 Å². The molecule has 2 aromatic rings. The number of aromatic nitrogens is 1. The van der Waals surface area contributed by atoms with E-state index in [4.69, 9.17) is 4.74 Å². The number of nitrogens with one attached hydrogen (secondary N) is 1. The molecule has 0 aliphatic carbocycles. The molecular weight excluding hydrogens is 294 g/mol. The smallest absolute Gasteiger partial charge is 0.184 e. The van der Waals surface area contributed by atoms with E-state index in [1.807, 2.05) is 0 Å². The molecule has 5 heteroatoms. The number of aryl methyl sites for hydroxylation is 1. The predicted molar refractivity (Wildman–Crippen MR) is 93.2 cm³/mol. The van der Waals surface area contributed by atoms with Crippen LogP contribution in [0.2, 0.25) is 0 Å². The summed E-state index contributed by atoms with van der Waals surface area (Å²) >= 11 is 1.75. The Bertz CT molecular complexity index is 593. The largest absolute Gasteiger partial charge is 0.378 e. The Kier molecular flexibility index (Phi) is 4.95. The molecule has 3 rings (SSSR count). The maximum atomic E-state index is 5.42. The third-order valence-electron chi connectivity index (χ3n) is 4.00. The normalized spacial score (nSPS) is 16.5. The van der Waals surface area contributed by atoms with Crippen molar-refractivity contribution in [2.45, 2.75) is 19.8 Å². The average molecular weight is 317 g/mol. The summed E-state index contributed by atoms with van der Waals surface area (Å²) in [6.07, 6.45) is 0. The van der Waals surface area contributed by atoms with Gasteiger partial charge in [0.1, 0.15) is 5.00 Å². The lowest BCUT2D eigenvalue weighted by Crippen LogP contribution is -2.36. The zero-order valence-electron chi connectivity index (χ0n) is 13.2. The zero-order chi connectivity index (χ0) is 15.4. The van der Waals surface area contributed by atoms with Crippen molar-refractivity contribution in [3.05, 3.63) is 41.6 Å². The fraction of sp³-hybridized carbons (Fsp3) is 0.471. The van der Waals surface area contributed by atoms with Gasteiger partial charge in [0.15, 0.2) is 5.13 Å². The topological polar surface area (TPSA) is 37.4 Å². The highest BCUT2D eigenvalue weighted by Gasteiger charge is 2.17. The average Bonchev–Trinajstić information content (AvgIpc) is 2.95. The van der Waals surface area contributed by atoms with Crippen molar-refractivity contribution in [2.75, 3.05) is 43.1 Å². The lowest BCUT2D eigenvalue weighted by atomic mass is 10.0. The number of benzene rings is 1. The minimum absolute atomic E-state index is 0.470. The van der Waals surface area contributed by atoms with Crippen molar-refractivity contribution in [1.82, 2.24) is 4.98 Å². The van der Waals surface area contributed by atoms with Crippen LogP contribution in [0.15, 0.2) is 30.3 Å². The molecule has 1 aliphatic heterocycles. The van der Waals surface area contributed by atoms with Gasteiger partial charge in [0.05, 0.1) is 18.9 Å². The van der Waals surface area contributed by atoms with Crippen LogP contribution in [0, 0.1) is 6.92 Å². The van der Waals surface area contributed by atoms with E-state index in [0.717, 1.165) is 43.7 Å². The molecule has 1 aliphatic rings. The van der Waals surface area contributed by atoms with E-state index in [9.17, 15) is 0 Å². The van der Waals surface area contributed by atoms with Crippen molar-refractivity contribution in [2.24, 2.45) is 0 Å². The van der Waals surface area contributed by atoms with Gasteiger partial charge in [0.25, 0.3) is 0 Å². The monoisotopic (exact) mass is 317 g/mol. The van der Waals surface area contributed by atoms with Crippen LogP contribution in [-0.4, -0.2) is 37.8 Å². The van der Waals surface area contributed by atoms with Crippen LogP contribution in [0.5, 0.6) is 0 Å². The second-order valence-electron chi connectivity index (χ2n) is 5.70. The highest BCUT2D eigenvalue weighted by Crippen LogP contribution is 2.32. The molecular formula is C17H23N3OS. The SMILES string of the molecule is Cc1nc(NCC(C)c2ccccc2)sc1N1CCOCC1. The van der Waals surface area contributed by atoms with E-state index >= 15 is 0 Å². The molecule has 1 atom stereocenters. The van der Waals surface area contributed by atoms with E-state index in [1.165, 1.54) is 10.6 Å². The molecule has 1 N–H and O–H groups in total. The van der Waals surface area contributed by atoms with Crippen molar-refractivity contribution < 1.29 is 4.74 Å². The van der Waals surface area contributed by atoms with Crippen molar-refractivity contribution >= 4 is 21.5 Å². The van der Waals surface area contributed by atoms with Crippen molar-refractivity contribution in [1.29, 1.82) is 0 Å².